The highest BCUT2D eigenvalue weighted by atomic mass is 16.5. The molecule has 0 atom stereocenters. The number of rotatable bonds is 1. The molecular formula is C33H52BO. The van der Waals surface area contributed by atoms with Crippen molar-refractivity contribution in [3.8, 4) is 5.75 Å². The van der Waals surface area contributed by atoms with Gasteiger partial charge in [-0.2, -0.15) is 0 Å². The number of methoxy groups -OCH3 is 1. The van der Waals surface area contributed by atoms with Crippen LogP contribution in [0.2, 0.25) is 0 Å². The molecule has 3 rings (SSSR count). The highest BCUT2D eigenvalue weighted by Gasteiger charge is 2.02. The van der Waals surface area contributed by atoms with Gasteiger partial charge in [-0.1, -0.05) is 65.8 Å². The molecule has 0 aromatic heterocycles. The maximum atomic E-state index is 5.05. The fourth-order valence-corrected chi connectivity index (χ4v) is 2.71. The van der Waals surface area contributed by atoms with E-state index in [0.29, 0.717) is 0 Å². The number of hydrogen-bond acceptors (Lipinski definition) is 1. The second kappa shape index (κ2) is 24.6. The number of benzene rings is 2. The lowest BCUT2D eigenvalue weighted by Crippen LogP contribution is -1.92. The first-order valence-corrected chi connectivity index (χ1v) is 12.6. The zero-order valence-corrected chi connectivity index (χ0v) is 24.7. The summed E-state index contributed by atoms with van der Waals surface area (Å²) in [7, 11) is 1.68. The normalized spacial score (nSPS) is 12.0. The molecule has 2 heteroatoms. The van der Waals surface area contributed by atoms with Gasteiger partial charge in [-0.3, -0.25) is 0 Å². The van der Waals surface area contributed by atoms with Crippen LogP contribution in [0.4, 0.5) is 0 Å². The van der Waals surface area contributed by atoms with Crippen molar-refractivity contribution < 1.29 is 4.74 Å². The Hall–Kier alpha value is -2.48. The van der Waals surface area contributed by atoms with Crippen LogP contribution in [-0.2, 0) is 0 Å². The summed E-state index contributed by atoms with van der Waals surface area (Å²) in [5.74, 6) is 0.933. The van der Waals surface area contributed by atoms with Crippen LogP contribution in [-0.4, -0.2) is 15.5 Å². The minimum Gasteiger partial charge on any atom is -0.497 e. The van der Waals surface area contributed by atoms with Crippen molar-refractivity contribution in [2.75, 3.05) is 7.11 Å². The average Bonchev–Trinajstić information content (AvgIpc) is 2.85. The van der Waals surface area contributed by atoms with E-state index in [2.05, 4.69) is 71.9 Å². The Balaban J connectivity index is -0.000000380. The lowest BCUT2D eigenvalue weighted by molar-refractivity contribution is 0.414. The van der Waals surface area contributed by atoms with E-state index in [0.717, 1.165) is 5.75 Å². The Bertz CT molecular complexity index is 806. The molecule has 0 amide bonds. The molecule has 2 aromatic rings. The van der Waals surface area contributed by atoms with Gasteiger partial charge in [0.15, 0.2) is 0 Å². The van der Waals surface area contributed by atoms with Gasteiger partial charge in [-0.15, -0.1) is 0 Å². The van der Waals surface area contributed by atoms with E-state index >= 15 is 0 Å². The van der Waals surface area contributed by atoms with E-state index in [9.17, 15) is 0 Å². The van der Waals surface area contributed by atoms with E-state index in [-0.39, 0.29) is 8.41 Å². The Morgan fingerprint density at radius 3 is 1.20 bits per heavy atom. The van der Waals surface area contributed by atoms with E-state index < -0.39 is 0 Å². The zero-order chi connectivity index (χ0) is 26.4. The summed E-state index contributed by atoms with van der Waals surface area (Å²) < 4.78 is 5.05. The fraction of sp³-hybridized carbons (Fsp3) is 0.455. The van der Waals surface area contributed by atoms with Crippen LogP contribution in [0.3, 0.4) is 0 Å². The van der Waals surface area contributed by atoms with Crippen molar-refractivity contribution in [2.24, 2.45) is 0 Å². The second-order valence-electron chi connectivity index (χ2n) is 8.64. The summed E-state index contributed by atoms with van der Waals surface area (Å²) in [5, 5.41) is 0. The minimum absolute atomic E-state index is 0. The molecule has 0 spiro atoms. The van der Waals surface area contributed by atoms with Crippen LogP contribution in [0, 0.1) is 27.7 Å². The summed E-state index contributed by atoms with van der Waals surface area (Å²) >= 11 is 0. The van der Waals surface area contributed by atoms with Gasteiger partial charge in [0, 0.05) is 8.41 Å². The van der Waals surface area contributed by atoms with E-state index in [1.165, 1.54) is 47.9 Å². The van der Waals surface area contributed by atoms with Crippen molar-refractivity contribution in [1.29, 1.82) is 0 Å². The van der Waals surface area contributed by atoms with Crippen molar-refractivity contribution in [2.45, 2.75) is 94.9 Å². The molecule has 3 radical (unpaired) electrons. The highest BCUT2D eigenvalue weighted by molar-refractivity contribution is 5.75. The molecule has 0 unspecified atom stereocenters. The molecule has 1 aliphatic carbocycles. The van der Waals surface area contributed by atoms with Crippen molar-refractivity contribution in [3.63, 3.8) is 0 Å². The van der Waals surface area contributed by atoms with Gasteiger partial charge < -0.3 is 4.74 Å². The predicted octanol–water partition coefficient (Wildman–Crippen LogP) is 10.3. The maximum absolute atomic E-state index is 5.05. The lowest BCUT2D eigenvalue weighted by Gasteiger charge is -2.12. The fourth-order valence-electron chi connectivity index (χ4n) is 2.71. The van der Waals surface area contributed by atoms with Gasteiger partial charge in [0.1, 0.15) is 5.75 Å². The standard InChI is InChI=1S/C9H12O.C8H14.C8H10.2C4H8.B/c1-7-4-5-9(10-3)6-8(7)2;2*1-7-5-3-4-6-8(7)2;2*1-3-4-2;/h4-6H,1-3H3;3-6H2,1-2H3;3-6H,1-2H3;2*3-4H,1-2H3;/b;;;2*4-3-;. The molecule has 0 fully saturated rings. The second-order valence-corrected chi connectivity index (χ2v) is 8.64. The third-order valence-corrected chi connectivity index (χ3v) is 5.89. The summed E-state index contributed by atoms with van der Waals surface area (Å²) in [6.07, 6.45) is 13.5. The molecule has 2 aromatic carbocycles. The van der Waals surface area contributed by atoms with Gasteiger partial charge in [-0.25, -0.2) is 0 Å². The zero-order valence-electron chi connectivity index (χ0n) is 24.7. The minimum atomic E-state index is 0. The van der Waals surface area contributed by atoms with Crippen molar-refractivity contribution in [1.82, 2.24) is 0 Å². The third-order valence-electron chi connectivity index (χ3n) is 5.89. The number of allylic oxidation sites excluding steroid dienone is 6. The first-order valence-electron chi connectivity index (χ1n) is 12.6. The summed E-state index contributed by atoms with van der Waals surface area (Å²) in [6.45, 7) is 20.9. The van der Waals surface area contributed by atoms with E-state index in [1.54, 1.807) is 18.3 Å². The summed E-state index contributed by atoms with van der Waals surface area (Å²) in [6, 6.07) is 14.4. The van der Waals surface area contributed by atoms with Crippen LogP contribution in [0.15, 0.2) is 77.9 Å². The molecule has 35 heavy (non-hydrogen) atoms. The smallest absolute Gasteiger partial charge is 0.119 e. The van der Waals surface area contributed by atoms with Crippen LogP contribution in [0.1, 0.15) is 89.5 Å². The van der Waals surface area contributed by atoms with Crippen molar-refractivity contribution in [3.05, 3.63) is 100 Å². The lowest BCUT2D eigenvalue weighted by atomic mass is 9.94. The Morgan fingerprint density at radius 1 is 0.571 bits per heavy atom. The molecule has 0 heterocycles. The van der Waals surface area contributed by atoms with Crippen LogP contribution >= 0.6 is 0 Å². The van der Waals surface area contributed by atoms with Gasteiger partial charge >= 0.3 is 0 Å². The van der Waals surface area contributed by atoms with Gasteiger partial charge in [0.25, 0.3) is 0 Å². The largest absolute Gasteiger partial charge is 0.497 e. The molecule has 0 aliphatic heterocycles. The first kappa shape index (κ1) is 37.1. The van der Waals surface area contributed by atoms with Gasteiger partial charge in [-0.05, 0) is 129 Å². The van der Waals surface area contributed by atoms with Gasteiger partial charge in [0.05, 0.1) is 7.11 Å². The third kappa shape index (κ3) is 20.6. The average molecular weight is 476 g/mol. The number of hydrogen-bond donors (Lipinski definition) is 0. The van der Waals surface area contributed by atoms with Crippen molar-refractivity contribution >= 4 is 8.41 Å². The molecule has 0 saturated carbocycles. The molecule has 0 N–H and O–H groups in total. The SMILES string of the molecule is C/C=C\C.C/C=C\C.CC1=C(C)CCCC1.COc1ccc(C)c(C)c1.Cc1ccccc1C.[B]. The highest BCUT2D eigenvalue weighted by Crippen LogP contribution is 2.22. The first-order chi connectivity index (χ1) is 16.2. The predicted molar refractivity (Wildman–Crippen MR) is 162 cm³/mol. The maximum Gasteiger partial charge on any atom is 0.119 e. The number of ether oxygens (including phenoxy) is 1. The Kier molecular flexibility index (Phi) is 26.1. The van der Waals surface area contributed by atoms with Crippen LogP contribution in [0.25, 0.3) is 0 Å². The molecule has 1 aliphatic rings. The van der Waals surface area contributed by atoms with Crippen LogP contribution < -0.4 is 4.74 Å². The molecular weight excluding hydrogens is 423 g/mol. The molecule has 0 saturated heterocycles. The molecule has 0 bridgehead atoms. The monoisotopic (exact) mass is 475 g/mol. The molecule has 1 nitrogen and oxygen atoms in total. The van der Waals surface area contributed by atoms with E-state index in [4.69, 9.17) is 4.74 Å². The van der Waals surface area contributed by atoms with Gasteiger partial charge in [0.2, 0.25) is 0 Å². The topological polar surface area (TPSA) is 9.23 Å². The number of aryl methyl sites for hydroxylation is 4. The Labute approximate surface area is 221 Å². The Morgan fingerprint density at radius 2 is 0.943 bits per heavy atom. The van der Waals surface area contributed by atoms with Crippen LogP contribution in [0.5, 0.6) is 5.75 Å². The summed E-state index contributed by atoms with van der Waals surface area (Å²) in [5.41, 5.74) is 8.59. The summed E-state index contributed by atoms with van der Waals surface area (Å²) in [4.78, 5) is 0. The quantitative estimate of drug-likeness (QED) is 0.294. The van der Waals surface area contributed by atoms with E-state index in [1.807, 2.05) is 64.1 Å². The molecule has 193 valence electrons.